The first-order valence-corrected chi connectivity index (χ1v) is 9.84. The summed E-state index contributed by atoms with van der Waals surface area (Å²) in [6.07, 6.45) is 13.7. The normalized spacial score (nSPS) is 23.5. The third-order valence-electron chi connectivity index (χ3n) is 3.51. The second kappa shape index (κ2) is 8.49. The standard InChI is InChI=1S/C18H29N5OS/c1-18(2,3)23-25(24)11-5-7-14-6-4-8-17(21-14)22-16(20)12-15(19)13-9-10-13/h4-8,12-14,21,23H,9-11,19H2,1-3H3,(H2,20,22)/b7-5+,15-12-. The monoisotopic (exact) mass is 363 g/mol. The molecule has 2 atom stereocenters. The van der Waals surface area contributed by atoms with Gasteiger partial charge in [0.25, 0.3) is 0 Å². The van der Waals surface area contributed by atoms with E-state index in [1.807, 2.05) is 51.2 Å². The number of allylic oxidation sites excluding steroid dienone is 3. The van der Waals surface area contributed by atoms with Gasteiger partial charge in [-0.2, -0.15) is 0 Å². The lowest BCUT2D eigenvalue weighted by molar-refractivity contribution is 0.520. The average Bonchev–Trinajstić information content (AvgIpc) is 3.30. The highest BCUT2D eigenvalue weighted by Crippen LogP contribution is 2.33. The molecular weight excluding hydrogens is 334 g/mol. The summed E-state index contributed by atoms with van der Waals surface area (Å²) < 4.78 is 15.0. The Kier molecular flexibility index (Phi) is 6.61. The van der Waals surface area contributed by atoms with E-state index in [0.29, 0.717) is 23.3 Å². The molecule has 1 aliphatic carbocycles. The molecule has 0 bridgehead atoms. The van der Waals surface area contributed by atoms with Gasteiger partial charge in [0, 0.05) is 11.2 Å². The van der Waals surface area contributed by atoms with Gasteiger partial charge in [0.2, 0.25) is 0 Å². The Hall–Kier alpha value is -1.86. The van der Waals surface area contributed by atoms with Crippen molar-refractivity contribution in [2.45, 2.75) is 45.2 Å². The molecule has 6 nitrogen and oxygen atoms in total. The molecule has 25 heavy (non-hydrogen) atoms. The number of hydrogen-bond donors (Lipinski definition) is 4. The van der Waals surface area contributed by atoms with Crippen LogP contribution in [0.2, 0.25) is 0 Å². The second-order valence-electron chi connectivity index (χ2n) is 7.35. The first-order valence-electron chi connectivity index (χ1n) is 8.52. The van der Waals surface area contributed by atoms with Crippen LogP contribution >= 0.6 is 0 Å². The summed E-state index contributed by atoms with van der Waals surface area (Å²) in [5, 5.41) is 3.25. The summed E-state index contributed by atoms with van der Waals surface area (Å²) in [5.41, 5.74) is 12.5. The van der Waals surface area contributed by atoms with Crippen LogP contribution in [0.15, 0.2) is 53.0 Å². The summed E-state index contributed by atoms with van der Waals surface area (Å²) in [6.45, 7) is 5.97. The van der Waals surface area contributed by atoms with Crippen LogP contribution in [0.3, 0.4) is 0 Å². The summed E-state index contributed by atoms with van der Waals surface area (Å²) in [6, 6.07) is -0.00653. The molecule has 0 spiro atoms. The van der Waals surface area contributed by atoms with Crippen molar-refractivity contribution < 1.29 is 4.21 Å². The molecule has 1 heterocycles. The van der Waals surface area contributed by atoms with Gasteiger partial charge in [0.15, 0.2) is 0 Å². The molecule has 0 aromatic carbocycles. The highest BCUT2D eigenvalue weighted by Gasteiger charge is 2.24. The Morgan fingerprint density at radius 2 is 2.16 bits per heavy atom. The van der Waals surface area contributed by atoms with Crippen molar-refractivity contribution in [3.05, 3.63) is 48.0 Å². The number of aliphatic imine (C=N–C) groups is 1. The van der Waals surface area contributed by atoms with Crippen LogP contribution in [0.1, 0.15) is 33.6 Å². The fourth-order valence-corrected chi connectivity index (χ4v) is 3.32. The van der Waals surface area contributed by atoms with Gasteiger partial charge in [-0.15, -0.1) is 0 Å². The zero-order valence-electron chi connectivity index (χ0n) is 15.2. The van der Waals surface area contributed by atoms with Gasteiger partial charge < -0.3 is 16.8 Å². The van der Waals surface area contributed by atoms with Crippen LogP contribution in [-0.2, 0) is 11.0 Å². The zero-order chi connectivity index (χ0) is 18.4. The van der Waals surface area contributed by atoms with E-state index in [-0.39, 0.29) is 11.6 Å². The Labute approximate surface area is 152 Å². The molecular formula is C18H29N5OS. The molecule has 0 aromatic rings. The molecule has 2 rings (SSSR count). The summed E-state index contributed by atoms with van der Waals surface area (Å²) in [7, 11) is -1.09. The van der Waals surface area contributed by atoms with E-state index in [9.17, 15) is 4.21 Å². The molecule has 0 radical (unpaired) electrons. The van der Waals surface area contributed by atoms with Crippen molar-refractivity contribution in [3.63, 3.8) is 0 Å². The molecule has 6 N–H and O–H groups in total. The van der Waals surface area contributed by atoms with Gasteiger partial charge in [-0.05, 0) is 51.7 Å². The van der Waals surface area contributed by atoms with Crippen LogP contribution in [-0.4, -0.2) is 27.4 Å². The van der Waals surface area contributed by atoms with Crippen LogP contribution in [0.25, 0.3) is 0 Å². The fraction of sp³-hybridized carbons (Fsp3) is 0.500. The maximum Gasteiger partial charge on any atom is 0.129 e. The minimum absolute atomic E-state index is 0.00653. The lowest BCUT2D eigenvalue weighted by Crippen LogP contribution is -2.38. The topological polar surface area (TPSA) is 106 Å². The zero-order valence-corrected chi connectivity index (χ0v) is 16.0. The predicted octanol–water partition coefficient (Wildman–Crippen LogP) is 1.57. The van der Waals surface area contributed by atoms with Crippen LogP contribution in [0.4, 0.5) is 0 Å². The van der Waals surface area contributed by atoms with Crippen molar-refractivity contribution >= 4 is 16.8 Å². The SMILES string of the molecule is CC(C)(C)NS(=O)C/C=C/C1C=CC=C(/N=C(N)\C=C(/N)C2CC2)N1. The summed E-state index contributed by atoms with van der Waals surface area (Å²) in [5.74, 6) is 2.01. The highest BCUT2D eigenvalue weighted by atomic mass is 32.2. The predicted molar refractivity (Wildman–Crippen MR) is 106 cm³/mol. The third kappa shape index (κ3) is 7.70. The molecule has 2 unspecified atom stereocenters. The Morgan fingerprint density at radius 1 is 1.44 bits per heavy atom. The van der Waals surface area contributed by atoms with Crippen molar-refractivity contribution in [3.8, 4) is 0 Å². The maximum atomic E-state index is 11.9. The minimum Gasteiger partial charge on any atom is -0.402 e. The van der Waals surface area contributed by atoms with E-state index in [0.717, 1.165) is 18.5 Å². The van der Waals surface area contributed by atoms with Gasteiger partial charge in [0.05, 0.1) is 22.8 Å². The van der Waals surface area contributed by atoms with E-state index in [2.05, 4.69) is 15.0 Å². The highest BCUT2D eigenvalue weighted by molar-refractivity contribution is 7.83. The molecule has 0 saturated heterocycles. The lowest BCUT2D eigenvalue weighted by atomic mass is 10.1. The summed E-state index contributed by atoms with van der Waals surface area (Å²) in [4.78, 5) is 4.36. The first-order chi connectivity index (χ1) is 11.7. The maximum absolute atomic E-state index is 11.9. The Morgan fingerprint density at radius 3 is 2.80 bits per heavy atom. The average molecular weight is 364 g/mol. The number of nitrogens with two attached hydrogens (primary N) is 2. The van der Waals surface area contributed by atoms with E-state index in [1.165, 1.54) is 0 Å². The van der Waals surface area contributed by atoms with Gasteiger partial charge in [-0.1, -0.05) is 24.3 Å². The Bertz CT molecular complexity index is 651. The number of amidine groups is 1. The quantitative estimate of drug-likeness (QED) is 0.313. The van der Waals surface area contributed by atoms with E-state index >= 15 is 0 Å². The number of nitrogens with one attached hydrogen (secondary N) is 2. The summed E-state index contributed by atoms with van der Waals surface area (Å²) >= 11 is 0. The molecule has 138 valence electrons. The van der Waals surface area contributed by atoms with Crippen molar-refractivity contribution in [1.29, 1.82) is 0 Å². The molecule has 1 aliphatic heterocycles. The lowest BCUT2D eigenvalue weighted by Gasteiger charge is -2.19. The molecule has 0 amide bonds. The largest absolute Gasteiger partial charge is 0.402 e. The van der Waals surface area contributed by atoms with Gasteiger partial charge >= 0.3 is 0 Å². The molecule has 2 aliphatic rings. The van der Waals surface area contributed by atoms with Crippen molar-refractivity contribution in [2.75, 3.05) is 5.75 Å². The van der Waals surface area contributed by atoms with E-state index in [1.54, 1.807) is 6.08 Å². The van der Waals surface area contributed by atoms with Crippen molar-refractivity contribution in [2.24, 2.45) is 22.4 Å². The molecule has 1 fully saturated rings. The second-order valence-corrected chi connectivity index (χ2v) is 8.58. The molecule has 7 heteroatoms. The van der Waals surface area contributed by atoms with E-state index < -0.39 is 11.0 Å². The van der Waals surface area contributed by atoms with Crippen LogP contribution in [0.5, 0.6) is 0 Å². The van der Waals surface area contributed by atoms with Crippen LogP contribution < -0.4 is 21.5 Å². The van der Waals surface area contributed by atoms with Crippen molar-refractivity contribution in [1.82, 2.24) is 10.0 Å². The smallest absolute Gasteiger partial charge is 0.129 e. The third-order valence-corrected chi connectivity index (χ3v) is 4.85. The minimum atomic E-state index is -1.09. The van der Waals surface area contributed by atoms with Gasteiger partial charge in [0.1, 0.15) is 11.7 Å². The Balaban J connectivity index is 1.85. The fourth-order valence-electron chi connectivity index (χ4n) is 2.26. The number of dihydropyridines is 1. The first kappa shape index (κ1) is 19.5. The van der Waals surface area contributed by atoms with Gasteiger partial charge in [-0.25, -0.2) is 13.9 Å². The molecule has 0 aromatic heterocycles. The number of nitrogens with zero attached hydrogens (tertiary/aromatic N) is 1. The van der Waals surface area contributed by atoms with Gasteiger partial charge in [-0.3, -0.25) is 0 Å². The van der Waals surface area contributed by atoms with E-state index in [4.69, 9.17) is 11.5 Å². The van der Waals surface area contributed by atoms with Crippen LogP contribution in [0, 0.1) is 5.92 Å². The number of hydrogen-bond acceptors (Lipinski definition) is 4. The number of rotatable bonds is 7. The molecule has 1 saturated carbocycles.